The molecule has 1 N–H and O–H groups in total. The maximum atomic E-state index is 6.10. The lowest BCUT2D eigenvalue weighted by Crippen LogP contribution is -2.32. The van der Waals surface area contributed by atoms with Gasteiger partial charge in [0.15, 0.2) is 5.75 Å². The predicted molar refractivity (Wildman–Crippen MR) is 114 cm³/mol. The fraction of sp³-hybridized carbons (Fsp3) is 0.273. The molecule has 3 aromatic rings. The fourth-order valence-corrected chi connectivity index (χ4v) is 3.35. The fourth-order valence-electron chi connectivity index (χ4n) is 3.35. The van der Waals surface area contributed by atoms with Crippen LogP contribution in [0.1, 0.15) is 18.0 Å². The lowest BCUT2D eigenvalue weighted by atomic mass is 10.0. The molecule has 2 heterocycles. The van der Waals surface area contributed by atoms with Crippen molar-refractivity contribution >= 4 is 17.5 Å². The molecule has 0 saturated heterocycles. The number of hydrogen-bond acceptors (Lipinski definition) is 6. The zero-order valence-electron chi connectivity index (χ0n) is 16.5. The Balaban J connectivity index is 1.62. The minimum atomic E-state index is 0.128. The normalized spacial score (nSPS) is 15.7. The van der Waals surface area contributed by atoms with E-state index in [1.165, 1.54) is 0 Å². The van der Waals surface area contributed by atoms with Crippen LogP contribution in [0, 0.1) is 0 Å². The first-order valence-corrected chi connectivity index (χ1v) is 9.45. The van der Waals surface area contributed by atoms with Gasteiger partial charge in [-0.05, 0) is 30.7 Å². The smallest absolute Gasteiger partial charge is 0.226 e. The number of aromatic nitrogens is 2. The molecule has 0 spiro atoms. The maximum Gasteiger partial charge on any atom is 0.226 e. The average Bonchev–Trinajstić information content (AvgIpc) is 2.72. The van der Waals surface area contributed by atoms with Crippen molar-refractivity contribution in [1.82, 2.24) is 9.97 Å². The summed E-state index contributed by atoms with van der Waals surface area (Å²) in [6.45, 7) is 0.927. The van der Waals surface area contributed by atoms with E-state index in [4.69, 9.17) is 9.72 Å². The van der Waals surface area contributed by atoms with E-state index in [9.17, 15) is 0 Å². The maximum absolute atomic E-state index is 6.10. The van der Waals surface area contributed by atoms with Gasteiger partial charge < -0.3 is 19.9 Å². The summed E-state index contributed by atoms with van der Waals surface area (Å²) in [6.07, 6.45) is 2.90. The van der Waals surface area contributed by atoms with E-state index in [0.29, 0.717) is 0 Å². The van der Waals surface area contributed by atoms with Crippen molar-refractivity contribution in [1.29, 1.82) is 0 Å². The number of ether oxygens (including phenoxy) is 1. The topological polar surface area (TPSA) is 53.5 Å². The van der Waals surface area contributed by atoms with Crippen molar-refractivity contribution in [3.63, 3.8) is 0 Å². The number of anilines is 3. The summed E-state index contributed by atoms with van der Waals surface area (Å²) in [7, 11) is 5.99. The molecule has 1 atom stereocenters. The summed E-state index contributed by atoms with van der Waals surface area (Å²) in [5.41, 5.74) is 2.07. The van der Waals surface area contributed by atoms with Crippen LogP contribution in [-0.4, -0.2) is 37.7 Å². The molecule has 1 aliphatic rings. The Morgan fingerprint density at radius 3 is 2.61 bits per heavy atom. The minimum Gasteiger partial charge on any atom is -0.455 e. The molecule has 144 valence electrons. The van der Waals surface area contributed by atoms with Gasteiger partial charge in [-0.25, -0.2) is 4.98 Å². The standard InChI is InChI=1S/C22H25N5O/c1-26(2)22-23-15-17-18(13-14-27(3)21(17)25-22)24-19-11-7-8-12-20(19)28-16-9-5-4-6-10-16/h4-12,15,18,24H,13-14H2,1-3H3. The molecule has 0 fully saturated rings. The van der Waals surface area contributed by atoms with Crippen molar-refractivity contribution in [2.24, 2.45) is 0 Å². The first kappa shape index (κ1) is 18.1. The lowest BCUT2D eigenvalue weighted by Gasteiger charge is -2.33. The molecular formula is C22H25N5O. The van der Waals surface area contributed by atoms with Crippen molar-refractivity contribution < 1.29 is 4.74 Å². The van der Waals surface area contributed by atoms with Crippen LogP contribution >= 0.6 is 0 Å². The highest BCUT2D eigenvalue weighted by atomic mass is 16.5. The van der Waals surface area contributed by atoms with Crippen LogP contribution in [0.2, 0.25) is 0 Å². The zero-order valence-corrected chi connectivity index (χ0v) is 16.5. The van der Waals surface area contributed by atoms with E-state index in [-0.39, 0.29) is 6.04 Å². The van der Waals surface area contributed by atoms with E-state index in [1.54, 1.807) is 0 Å². The van der Waals surface area contributed by atoms with Crippen LogP contribution in [-0.2, 0) is 0 Å². The van der Waals surface area contributed by atoms with E-state index >= 15 is 0 Å². The Bertz CT molecular complexity index is 945. The molecule has 0 saturated carbocycles. The van der Waals surface area contributed by atoms with Gasteiger partial charge in [0.1, 0.15) is 11.6 Å². The Morgan fingerprint density at radius 2 is 1.82 bits per heavy atom. The van der Waals surface area contributed by atoms with Crippen LogP contribution in [0.4, 0.5) is 17.5 Å². The molecule has 0 radical (unpaired) electrons. The van der Waals surface area contributed by atoms with Crippen LogP contribution < -0.4 is 19.9 Å². The SMILES string of the molecule is CN(C)c1ncc2c(n1)N(C)CCC2Nc1ccccc1Oc1ccccc1. The van der Waals surface area contributed by atoms with Crippen molar-refractivity contribution in [3.8, 4) is 11.5 Å². The van der Waals surface area contributed by atoms with Gasteiger partial charge >= 0.3 is 0 Å². The molecule has 1 aromatic heterocycles. The van der Waals surface area contributed by atoms with Gasteiger partial charge in [0.25, 0.3) is 0 Å². The third-order valence-corrected chi connectivity index (χ3v) is 4.86. The quantitative estimate of drug-likeness (QED) is 0.716. The zero-order chi connectivity index (χ0) is 19.5. The Labute approximate surface area is 165 Å². The second-order valence-electron chi connectivity index (χ2n) is 7.16. The summed E-state index contributed by atoms with van der Waals surface area (Å²) in [5.74, 6) is 3.32. The van der Waals surface area contributed by atoms with Crippen LogP contribution in [0.25, 0.3) is 0 Å². The van der Waals surface area contributed by atoms with Gasteiger partial charge in [-0.3, -0.25) is 0 Å². The van der Waals surface area contributed by atoms with Crippen LogP contribution in [0.5, 0.6) is 11.5 Å². The molecule has 1 aliphatic heterocycles. The van der Waals surface area contributed by atoms with Crippen molar-refractivity contribution in [3.05, 3.63) is 66.4 Å². The molecule has 0 bridgehead atoms. The van der Waals surface area contributed by atoms with E-state index in [0.717, 1.165) is 47.5 Å². The number of fused-ring (bicyclic) bond motifs is 1. The Hall–Kier alpha value is -3.28. The van der Waals surface area contributed by atoms with Crippen LogP contribution in [0.15, 0.2) is 60.8 Å². The van der Waals surface area contributed by atoms with Gasteiger partial charge in [-0.1, -0.05) is 30.3 Å². The molecule has 6 nitrogen and oxygen atoms in total. The van der Waals surface area contributed by atoms with Crippen LogP contribution in [0.3, 0.4) is 0 Å². The second kappa shape index (κ2) is 7.76. The van der Waals surface area contributed by atoms with Gasteiger partial charge in [0, 0.05) is 39.4 Å². The summed E-state index contributed by atoms with van der Waals surface area (Å²) < 4.78 is 6.10. The molecule has 28 heavy (non-hydrogen) atoms. The third kappa shape index (κ3) is 3.71. The summed E-state index contributed by atoms with van der Waals surface area (Å²) in [5, 5.41) is 3.65. The molecule has 2 aromatic carbocycles. The van der Waals surface area contributed by atoms with Gasteiger partial charge in [0.2, 0.25) is 5.95 Å². The lowest BCUT2D eigenvalue weighted by molar-refractivity contribution is 0.483. The number of para-hydroxylation sites is 3. The molecule has 4 rings (SSSR count). The second-order valence-corrected chi connectivity index (χ2v) is 7.16. The molecule has 1 unspecified atom stereocenters. The minimum absolute atomic E-state index is 0.128. The van der Waals surface area contributed by atoms with Gasteiger partial charge in [-0.2, -0.15) is 4.98 Å². The van der Waals surface area contributed by atoms with Crippen molar-refractivity contribution in [2.45, 2.75) is 12.5 Å². The first-order valence-electron chi connectivity index (χ1n) is 9.45. The number of hydrogen-bond donors (Lipinski definition) is 1. The highest BCUT2D eigenvalue weighted by Gasteiger charge is 2.26. The number of benzene rings is 2. The number of rotatable bonds is 5. The average molecular weight is 375 g/mol. The van der Waals surface area contributed by atoms with E-state index < -0.39 is 0 Å². The number of nitrogens with one attached hydrogen (secondary N) is 1. The van der Waals surface area contributed by atoms with Gasteiger partial charge in [0.05, 0.1) is 11.7 Å². The summed E-state index contributed by atoms with van der Waals surface area (Å²) in [6, 6.07) is 18.0. The monoisotopic (exact) mass is 375 g/mol. The predicted octanol–water partition coefficient (Wildman–Crippen LogP) is 4.33. The number of nitrogens with zero attached hydrogens (tertiary/aromatic N) is 4. The highest BCUT2D eigenvalue weighted by molar-refractivity contribution is 5.61. The first-order chi connectivity index (χ1) is 13.6. The molecule has 0 aliphatic carbocycles. The molecule has 0 amide bonds. The van der Waals surface area contributed by atoms with E-state index in [1.807, 2.05) is 79.8 Å². The third-order valence-electron chi connectivity index (χ3n) is 4.86. The molecular weight excluding hydrogens is 350 g/mol. The highest BCUT2D eigenvalue weighted by Crippen LogP contribution is 2.37. The summed E-state index contributed by atoms with van der Waals surface area (Å²) in [4.78, 5) is 13.4. The summed E-state index contributed by atoms with van der Waals surface area (Å²) >= 11 is 0. The van der Waals surface area contributed by atoms with Gasteiger partial charge in [-0.15, -0.1) is 0 Å². The molecule has 6 heteroatoms. The Kier molecular flexibility index (Phi) is 5.02. The van der Waals surface area contributed by atoms with E-state index in [2.05, 4.69) is 22.2 Å². The Morgan fingerprint density at radius 1 is 1.07 bits per heavy atom. The largest absolute Gasteiger partial charge is 0.455 e. The van der Waals surface area contributed by atoms with Crippen molar-refractivity contribution in [2.75, 3.05) is 42.8 Å².